The van der Waals surface area contributed by atoms with Gasteiger partial charge in [0, 0.05) is 11.4 Å². The Labute approximate surface area is 91.3 Å². The highest BCUT2D eigenvalue weighted by molar-refractivity contribution is 7.99. The van der Waals surface area contributed by atoms with Gasteiger partial charge in [-0.15, -0.1) is 11.8 Å². The first-order valence-corrected chi connectivity index (χ1v) is 6.19. The predicted octanol–water partition coefficient (Wildman–Crippen LogP) is 3.22. The van der Waals surface area contributed by atoms with Gasteiger partial charge in [-0.25, -0.2) is 0 Å². The Morgan fingerprint density at radius 2 is 2.07 bits per heavy atom. The molecule has 1 rings (SSSR count). The van der Waals surface area contributed by atoms with Crippen molar-refractivity contribution in [2.45, 2.75) is 32.2 Å². The molecule has 0 spiro atoms. The Hall–Kier alpha value is -0.470. The van der Waals surface area contributed by atoms with Crippen LogP contribution in [0.25, 0.3) is 0 Å². The fraction of sp³-hybridized carbons (Fsp3) is 0.500. The van der Waals surface area contributed by atoms with Crippen molar-refractivity contribution in [2.75, 3.05) is 12.3 Å². The molecule has 0 bridgehead atoms. The normalized spacial score (nSPS) is 10.5. The van der Waals surface area contributed by atoms with Gasteiger partial charge in [0.1, 0.15) is 0 Å². The summed E-state index contributed by atoms with van der Waals surface area (Å²) >= 11 is 1.92. The molecule has 78 valence electrons. The molecule has 0 unspecified atom stereocenters. The molecule has 0 atom stereocenters. The lowest BCUT2D eigenvalue weighted by Gasteiger charge is -2.09. The lowest BCUT2D eigenvalue weighted by molar-refractivity contribution is 0.717. The molecule has 0 fully saturated rings. The van der Waals surface area contributed by atoms with Gasteiger partial charge in [-0.2, -0.15) is 0 Å². The zero-order valence-corrected chi connectivity index (χ0v) is 10.1. The maximum absolute atomic E-state index is 3.38. The van der Waals surface area contributed by atoms with Gasteiger partial charge in [0.25, 0.3) is 0 Å². The van der Waals surface area contributed by atoms with Crippen LogP contribution in [0, 0.1) is 6.92 Å². The van der Waals surface area contributed by atoms with Gasteiger partial charge in [-0.1, -0.05) is 31.5 Å². The molecular weight excluding hydrogens is 190 g/mol. The maximum atomic E-state index is 3.38. The number of benzene rings is 1. The minimum absolute atomic E-state index is 0.987. The molecule has 1 nitrogen and oxygen atoms in total. The van der Waals surface area contributed by atoms with E-state index in [0.29, 0.717) is 0 Å². The molecule has 0 aromatic heterocycles. The Kier molecular flexibility index (Phi) is 5.05. The summed E-state index contributed by atoms with van der Waals surface area (Å²) in [6.45, 7) is 8.50. The first-order chi connectivity index (χ1) is 6.77. The molecule has 0 aliphatic heterocycles. The standard InChI is InChI=1S/C12H19NS/c1-4-13-9-11-8-10(3)6-7-12(11)14-5-2/h6-8,13H,4-5,9H2,1-3H3. The number of hydrogen-bond donors (Lipinski definition) is 1. The molecule has 0 aliphatic carbocycles. The zero-order valence-electron chi connectivity index (χ0n) is 9.26. The molecule has 1 aromatic carbocycles. The minimum atomic E-state index is 0.987. The Bertz CT molecular complexity index is 284. The van der Waals surface area contributed by atoms with Gasteiger partial charge in [-0.3, -0.25) is 0 Å². The summed E-state index contributed by atoms with van der Waals surface area (Å²) in [4.78, 5) is 1.42. The average molecular weight is 209 g/mol. The average Bonchev–Trinajstić information content (AvgIpc) is 2.18. The Morgan fingerprint density at radius 3 is 2.71 bits per heavy atom. The second kappa shape index (κ2) is 6.10. The molecular formula is C12H19NS. The molecule has 14 heavy (non-hydrogen) atoms. The van der Waals surface area contributed by atoms with E-state index in [1.165, 1.54) is 16.0 Å². The van der Waals surface area contributed by atoms with Crippen LogP contribution in [-0.4, -0.2) is 12.3 Å². The van der Waals surface area contributed by atoms with E-state index in [1.54, 1.807) is 0 Å². The number of rotatable bonds is 5. The predicted molar refractivity (Wildman–Crippen MR) is 65.0 cm³/mol. The van der Waals surface area contributed by atoms with E-state index in [4.69, 9.17) is 0 Å². The molecule has 0 aliphatic rings. The zero-order chi connectivity index (χ0) is 10.4. The monoisotopic (exact) mass is 209 g/mol. The van der Waals surface area contributed by atoms with Gasteiger partial charge >= 0.3 is 0 Å². The number of thioether (sulfide) groups is 1. The topological polar surface area (TPSA) is 12.0 Å². The third kappa shape index (κ3) is 3.35. The van der Waals surface area contributed by atoms with Crippen LogP contribution in [-0.2, 0) is 6.54 Å². The minimum Gasteiger partial charge on any atom is -0.313 e. The van der Waals surface area contributed by atoms with E-state index in [0.717, 1.165) is 18.8 Å². The van der Waals surface area contributed by atoms with Gasteiger partial charge in [-0.05, 0) is 30.9 Å². The van der Waals surface area contributed by atoms with Crippen molar-refractivity contribution in [1.29, 1.82) is 0 Å². The lowest BCUT2D eigenvalue weighted by atomic mass is 10.1. The summed E-state index contributed by atoms with van der Waals surface area (Å²) in [5, 5.41) is 3.38. The Morgan fingerprint density at radius 1 is 1.29 bits per heavy atom. The maximum Gasteiger partial charge on any atom is 0.0216 e. The van der Waals surface area contributed by atoms with Crippen molar-refractivity contribution in [1.82, 2.24) is 5.32 Å². The fourth-order valence-corrected chi connectivity index (χ4v) is 2.19. The van der Waals surface area contributed by atoms with E-state index in [9.17, 15) is 0 Å². The lowest BCUT2D eigenvalue weighted by Crippen LogP contribution is -2.12. The van der Waals surface area contributed by atoms with Crippen molar-refractivity contribution in [3.63, 3.8) is 0 Å². The molecule has 0 heterocycles. The number of nitrogens with one attached hydrogen (secondary N) is 1. The van der Waals surface area contributed by atoms with Crippen LogP contribution in [0.15, 0.2) is 23.1 Å². The molecule has 1 N–H and O–H groups in total. The van der Waals surface area contributed by atoms with Crippen molar-refractivity contribution in [3.8, 4) is 0 Å². The molecule has 0 saturated carbocycles. The van der Waals surface area contributed by atoms with Crippen molar-refractivity contribution >= 4 is 11.8 Å². The SMILES string of the molecule is CCNCc1cc(C)ccc1SCC. The van der Waals surface area contributed by atoms with Crippen LogP contribution < -0.4 is 5.32 Å². The second-order valence-corrected chi connectivity index (χ2v) is 4.63. The summed E-state index contributed by atoms with van der Waals surface area (Å²) in [7, 11) is 0. The summed E-state index contributed by atoms with van der Waals surface area (Å²) in [6.07, 6.45) is 0. The highest BCUT2D eigenvalue weighted by atomic mass is 32.2. The fourth-order valence-electron chi connectivity index (χ4n) is 1.40. The van der Waals surface area contributed by atoms with Crippen molar-refractivity contribution < 1.29 is 0 Å². The van der Waals surface area contributed by atoms with E-state index in [-0.39, 0.29) is 0 Å². The van der Waals surface area contributed by atoms with E-state index >= 15 is 0 Å². The van der Waals surface area contributed by atoms with Gasteiger partial charge < -0.3 is 5.32 Å². The highest BCUT2D eigenvalue weighted by Gasteiger charge is 2.01. The van der Waals surface area contributed by atoms with Crippen LogP contribution in [0.4, 0.5) is 0 Å². The van der Waals surface area contributed by atoms with Crippen molar-refractivity contribution in [2.24, 2.45) is 0 Å². The molecule has 0 saturated heterocycles. The van der Waals surface area contributed by atoms with E-state index in [2.05, 4.69) is 44.3 Å². The van der Waals surface area contributed by atoms with Crippen molar-refractivity contribution in [3.05, 3.63) is 29.3 Å². The molecule has 0 amide bonds. The molecule has 1 aromatic rings. The van der Waals surface area contributed by atoms with Crippen LogP contribution >= 0.6 is 11.8 Å². The Balaban J connectivity index is 2.79. The number of aryl methyl sites for hydroxylation is 1. The highest BCUT2D eigenvalue weighted by Crippen LogP contribution is 2.23. The summed E-state index contributed by atoms with van der Waals surface area (Å²) < 4.78 is 0. The van der Waals surface area contributed by atoms with E-state index in [1.807, 2.05) is 11.8 Å². The van der Waals surface area contributed by atoms with Crippen LogP contribution in [0.1, 0.15) is 25.0 Å². The largest absolute Gasteiger partial charge is 0.313 e. The van der Waals surface area contributed by atoms with Gasteiger partial charge in [0.2, 0.25) is 0 Å². The third-order valence-electron chi connectivity index (χ3n) is 2.08. The molecule has 0 radical (unpaired) electrons. The quantitative estimate of drug-likeness (QED) is 0.747. The summed E-state index contributed by atoms with van der Waals surface area (Å²) in [5.74, 6) is 1.14. The van der Waals surface area contributed by atoms with E-state index < -0.39 is 0 Å². The third-order valence-corrected chi connectivity index (χ3v) is 3.08. The number of hydrogen-bond acceptors (Lipinski definition) is 2. The van der Waals surface area contributed by atoms with Gasteiger partial charge in [0.05, 0.1) is 0 Å². The summed E-state index contributed by atoms with van der Waals surface area (Å²) in [5.41, 5.74) is 2.78. The molecule has 2 heteroatoms. The van der Waals surface area contributed by atoms with Gasteiger partial charge in [0.15, 0.2) is 0 Å². The smallest absolute Gasteiger partial charge is 0.0216 e. The summed E-state index contributed by atoms with van der Waals surface area (Å²) in [6, 6.07) is 6.70. The van der Waals surface area contributed by atoms with Crippen LogP contribution in [0.3, 0.4) is 0 Å². The second-order valence-electron chi connectivity index (χ2n) is 3.32. The van der Waals surface area contributed by atoms with Crippen LogP contribution in [0.2, 0.25) is 0 Å². The first-order valence-electron chi connectivity index (χ1n) is 5.21. The van der Waals surface area contributed by atoms with Crippen LogP contribution in [0.5, 0.6) is 0 Å². The first kappa shape index (κ1) is 11.6.